The number of hydrogen-bond donors (Lipinski definition) is 2. The number of fused-ring (bicyclic) bond motifs is 1. The van der Waals surface area contributed by atoms with E-state index in [0.717, 1.165) is 26.5 Å². The van der Waals surface area contributed by atoms with Crippen LogP contribution in [0.5, 0.6) is 0 Å². The summed E-state index contributed by atoms with van der Waals surface area (Å²) in [6.45, 7) is 0. The highest BCUT2D eigenvalue weighted by atomic mass is 79.9. The topological polar surface area (TPSA) is 96.9 Å². The third-order valence-corrected chi connectivity index (χ3v) is 7.72. The number of benzene rings is 3. The molecule has 0 saturated heterocycles. The summed E-state index contributed by atoms with van der Waals surface area (Å²) in [5.74, 6) is -0.474. The lowest BCUT2D eigenvalue weighted by Crippen LogP contribution is -2.44. The molecule has 35 heavy (non-hydrogen) atoms. The van der Waals surface area contributed by atoms with Crippen LogP contribution in [0.2, 0.25) is 0 Å². The normalized spacial score (nSPS) is 12.6. The average molecular weight is 549 g/mol. The molecule has 2 N–H and O–H groups in total. The second kappa shape index (κ2) is 9.61. The van der Waals surface area contributed by atoms with E-state index < -0.39 is 22.0 Å². The molecule has 1 atom stereocenters. The van der Waals surface area contributed by atoms with Crippen molar-refractivity contribution in [1.82, 2.24) is 19.5 Å². The van der Waals surface area contributed by atoms with Crippen LogP contribution in [-0.4, -0.2) is 35.1 Å². The molecule has 0 bridgehead atoms. The van der Waals surface area contributed by atoms with Crippen molar-refractivity contribution in [3.63, 3.8) is 0 Å². The number of para-hydroxylation sites is 1. The zero-order valence-electron chi connectivity index (χ0n) is 18.4. The molecular formula is C26H21BrN4O3S. The van der Waals surface area contributed by atoms with Crippen molar-refractivity contribution in [3.8, 4) is 11.3 Å². The minimum atomic E-state index is -3.97. The van der Waals surface area contributed by atoms with E-state index in [4.69, 9.17) is 0 Å². The van der Waals surface area contributed by atoms with Crippen LogP contribution in [0, 0.1) is 0 Å². The minimum absolute atomic E-state index is 0.0721. The molecule has 7 nitrogen and oxygen atoms in total. The highest BCUT2D eigenvalue weighted by molar-refractivity contribution is 9.10. The van der Waals surface area contributed by atoms with Gasteiger partial charge in [-0.25, -0.2) is 13.1 Å². The number of rotatable bonds is 7. The summed E-state index contributed by atoms with van der Waals surface area (Å²) in [4.78, 5) is 16.8. The molecule has 2 heterocycles. The molecule has 0 spiro atoms. The van der Waals surface area contributed by atoms with Gasteiger partial charge < -0.3 is 4.98 Å². The average Bonchev–Trinajstić information content (AvgIpc) is 3.52. The lowest BCUT2D eigenvalue weighted by molar-refractivity contribution is 0.0854. The molecule has 0 fully saturated rings. The highest BCUT2D eigenvalue weighted by Crippen LogP contribution is 2.22. The predicted molar refractivity (Wildman–Crippen MR) is 139 cm³/mol. The third-order valence-electron chi connectivity index (χ3n) is 5.70. The van der Waals surface area contributed by atoms with E-state index in [2.05, 4.69) is 30.7 Å². The van der Waals surface area contributed by atoms with Gasteiger partial charge in [-0.2, -0.15) is 9.82 Å². The van der Waals surface area contributed by atoms with Crippen molar-refractivity contribution in [2.45, 2.75) is 17.4 Å². The zero-order valence-corrected chi connectivity index (χ0v) is 20.8. The van der Waals surface area contributed by atoms with Crippen LogP contribution in [0.3, 0.4) is 0 Å². The van der Waals surface area contributed by atoms with Crippen LogP contribution in [0.25, 0.3) is 22.2 Å². The van der Waals surface area contributed by atoms with Crippen LogP contribution in [0.4, 0.5) is 0 Å². The Morgan fingerprint density at radius 1 is 0.971 bits per heavy atom. The molecule has 176 valence electrons. The van der Waals surface area contributed by atoms with Crippen molar-refractivity contribution in [3.05, 3.63) is 107 Å². The molecule has 2 aromatic heterocycles. The third kappa shape index (κ3) is 4.97. The first kappa shape index (κ1) is 23.2. The molecular weight excluding hydrogens is 528 g/mol. The van der Waals surface area contributed by atoms with E-state index in [-0.39, 0.29) is 11.3 Å². The van der Waals surface area contributed by atoms with E-state index >= 15 is 0 Å². The van der Waals surface area contributed by atoms with Crippen LogP contribution < -0.4 is 4.72 Å². The maximum atomic E-state index is 13.6. The highest BCUT2D eigenvalue weighted by Gasteiger charge is 2.28. The van der Waals surface area contributed by atoms with Gasteiger partial charge >= 0.3 is 0 Å². The molecule has 0 radical (unpaired) electrons. The fraction of sp³-hybridized carbons (Fsp3) is 0.0769. The first-order chi connectivity index (χ1) is 16.9. The van der Waals surface area contributed by atoms with Crippen LogP contribution in [-0.2, 0) is 16.4 Å². The Morgan fingerprint density at radius 2 is 1.69 bits per heavy atom. The lowest BCUT2D eigenvalue weighted by atomic mass is 10.1. The van der Waals surface area contributed by atoms with E-state index in [0.29, 0.717) is 5.69 Å². The second-order valence-electron chi connectivity index (χ2n) is 8.04. The number of sulfonamides is 1. The summed E-state index contributed by atoms with van der Waals surface area (Å²) in [6.07, 6.45) is 3.51. The molecule has 0 saturated carbocycles. The van der Waals surface area contributed by atoms with Crippen LogP contribution in [0.15, 0.2) is 107 Å². The maximum absolute atomic E-state index is 13.6. The number of H-pyrrole nitrogens is 1. The van der Waals surface area contributed by atoms with Gasteiger partial charge in [-0.1, -0.05) is 64.5 Å². The van der Waals surface area contributed by atoms with Gasteiger partial charge in [-0.3, -0.25) is 4.79 Å². The molecule has 5 aromatic rings. The summed E-state index contributed by atoms with van der Waals surface area (Å²) in [6, 6.07) is 24.1. The number of aromatic amines is 1. The van der Waals surface area contributed by atoms with Gasteiger partial charge in [-0.05, 0) is 48.4 Å². The Balaban J connectivity index is 1.49. The predicted octanol–water partition coefficient (Wildman–Crippen LogP) is 5.02. The number of nitrogens with one attached hydrogen (secondary N) is 2. The molecule has 5 rings (SSSR count). The molecule has 3 aromatic carbocycles. The van der Waals surface area contributed by atoms with Gasteiger partial charge in [0, 0.05) is 33.3 Å². The maximum Gasteiger partial charge on any atom is 0.265 e. The summed E-state index contributed by atoms with van der Waals surface area (Å²) in [5, 5.41) is 5.35. The Morgan fingerprint density at radius 3 is 2.46 bits per heavy atom. The van der Waals surface area contributed by atoms with Gasteiger partial charge in [0.1, 0.15) is 6.04 Å². The summed E-state index contributed by atoms with van der Waals surface area (Å²) >= 11 is 3.32. The Kier molecular flexibility index (Phi) is 6.38. The van der Waals surface area contributed by atoms with Gasteiger partial charge in [-0.15, -0.1) is 0 Å². The van der Waals surface area contributed by atoms with E-state index in [1.54, 1.807) is 30.6 Å². The van der Waals surface area contributed by atoms with Gasteiger partial charge in [0.2, 0.25) is 10.0 Å². The number of halogens is 1. The quantitative estimate of drug-likeness (QED) is 0.298. The molecule has 0 aliphatic rings. The minimum Gasteiger partial charge on any atom is -0.361 e. The molecule has 0 unspecified atom stereocenters. The summed E-state index contributed by atoms with van der Waals surface area (Å²) in [7, 11) is -3.97. The first-order valence-electron chi connectivity index (χ1n) is 10.9. The van der Waals surface area contributed by atoms with Crippen molar-refractivity contribution in [1.29, 1.82) is 0 Å². The Bertz CT molecular complexity index is 1590. The van der Waals surface area contributed by atoms with Crippen molar-refractivity contribution < 1.29 is 13.2 Å². The number of carbonyl (C=O) groups is 1. The van der Waals surface area contributed by atoms with Crippen molar-refractivity contribution in [2.24, 2.45) is 0 Å². The molecule has 9 heteroatoms. The lowest BCUT2D eigenvalue weighted by Gasteiger charge is -2.17. The van der Waals surface area contributed by atoms with Gasteiger partial charge in [0.05, 0.1) is 10.6 Å². The van der Waals surface area contributed by atoms with E-state index in [1.165, 1.54) is 16.8 Å². The van der Waals surface area contributed by atoms with Gasteiger partial charge in [0.15, 0.2) is 0 Å². The van der Waals surface area contributed by atoms with Crippen LogP contribution >= 0.6 is 15.9 Å². The largest absolute Gasteiger partial charge is 0.361 e. The molecule has 0 aliphatic carbocycles. The first-order valence-corrected chi connectivity index (χ1v) is 13.2. The molecule has 0 aliphatic heterocycles. The number of aromatic nitrogens is 3. The van der Waals surface area contributed by atoms with E-state index in [1.807, 2.05) is 54.6 Å². The van der Waals surface area contributed by atoms with E-state index in [9.17, 15) is 13.2 Å². The SMILES string of the molecule is O=C([C@H](Cc1c[nH]c2ccccc12)NS(=O)(=O)c1ccc(Br)cc1)n1ccc(-c2ccccc2)n1. The fourth-order valence-electron chi connectivity index (χ4n) is 3.94. The summed E-state index contributed by atoms with van der Waals surface area (Å²) < 4.78 is 31.0. The van der Waals surface area contributed by atoms with Gasteiger partial charge in [0.25, 0.3) is 5.91 Å². The zero-order chi connectivity index (χ0) is 24.4. The summed E-state index contributed by atoms with van der Waals surface area (Å²) in [5.41, 5.74) is 3.23. The second-order valence-corrected chi connectivity index (χ2v) is 10.7. The monoisotopic (exact) mass is 548 g/mol. The fourth-order valence-corrected chi connectivity index (χ4v) is 5.39. The number of carbonyl (C=O) groups excluding carboxylic acids is 1. The molecule has 0 amide bonds. The smallest absolute Gasteiger partial charge is 0.265 e. The Hall–Kier alpha value is -3.53. The van der Waals surface area contributed by atoms with Crippen molar-refractivity contribution in [2.75, 3.05) is 0 Å². The van der Waals surface area contributed by atoms with Crippen molar-refractivity contribution >= 4 is 42.8 Å². The number of hydrogen-bond acceptors (Lipinski definition) is 4. The van der Waals surface area contributed by atoms with Crippen LogP contribution in [0.1, 0.15) is 10.4 Å². The Labute approximate surface area is 211 Å². The number of nitrogens with zero attached hydrogens (tertiary/aromatic N) is 2. The standard InChI is InChI=1S/C26H21BrN4O3S/c27-20-10-12-21(13-11-20)35(33,34)30-25(16-19-17-28-24-9-5-4-8-22(19)24)26(32)31-15-14-23(29-31)18-6-2-1-3-7-18/h1-15,17,25,28,30H,16H2/t25-/m0/s1.